The molecule has 0 radical (unpaired) electrons. The minimum absolute atomic E-state index is 0.287. The zero-order chi connectivity index (χ0) is 34.3. The zero-order valence-corrected chi connectivity index (χ0v) is 36.4. The summed E-state index contributed by atoms with van der Waals surface area (Å²) in [6, 6.07) is 14.6. The molecule has 0 heterocycles. The second-order valence-electron chi connectivity index (χ2n) is 13.4. The lowest BCUT2D eigenvalue weighted by atomic mass is 10.4. The van der Waals surface area contributed by atoms with Crippen LogP contribution in [0.25, 0.3) is 0 Å². The van der Waals surface area contributed by atoms with Crippen molar-refractivity contribution in [3.8, 4) is 0 Å². The van der Waals surface area contributed by atoms with E-state index in [2.05, 4.69) is 62.3 Å². The minimum Gasteiger partial charge on any atom is -0.303 e. The van der Waals surface area contributed by atoms with Gasteiger partial charge in [0.1, 0.15) is 0 Å². The Kier molecular flexibility index (Phi) is 51.3. The first-order valence-electron chi connectivity index (χ1n) is 19.8. The highest BCUT2D eigenvalue weighted by Gasteiger charge is 2.10. The van der Waals surface area contributed by atoms with E-state index in [-0.39, 0.29) is 26.4 Å². The molecule has 8 heteroatoms. The van der Waals surface area contributed by atoms with Crippen LogP contribution in [0.4, 0.5) is 0 Å². The first kappa shape index (κ1) is 51.6. The van der Waals surface area contributed by atoms with E-state index in [1.165, 1.54) is 116 Å². The molecule has 4 nitrogen and oxygen atoms in total. The topological polar surface area (TPSA) is 77.8 Å². The average Bonchev–Trinajstić information content (AvgIpc) is 2.99. The number of rotatable bonds is 27. The van der Waals surface area contributed by atoms with E-state index in [4.69, 9.17) is 19.2 Å². The van der Waals surface area contributed by atoms with Gasteiger partial charge < -0.3 is 14.7 Å². The van der Waals surface area contributed by atoms with Crippen molar-refractivity contribution in [1.29, 1.82) is 0 Å². The van der Waals surface area contributed by atoms with Gasteiger partial charge in [-0.3, -0.25) is 0 Å². The molecule has 0 aliphatic heterocycles. The van der Waals surface area contributed by atoms with Gasteiger partial charge in [-0.05, 0) is 0 Å². The van der Waals surface area contributed by atoms with Crippen LogP contribution in [-0.2, 0) is 4.57 Å². The van der Waals surface area contributed by atoms with E-state index in [0.717, 1.165) is 0 Å². The first-order valence-corrected chi connectivity index (χ1v) is 28.7. The number of phosphoric acid groups is 1. The van der Waals surface area contributed by atoms with Crippen LogP contribution >= 0.6 is 7.82 Å². The summed E-state index contributed by atoms with van der Waals surface area (Å²) >= 11 is 0. The Hall–Kier alpha value is 0.761. The average molecular weight is 699 g/mol. The monoisotopic (exact) mass is 699 g/mol. The fourth-order valence-corrected chi connectivity index (χ4v) is 17.2. The van der Waals surface area contributed by atoms with Gasteiger partial charge in [0.05, 0.1) is 0 Å². The van der Waals surface area contributed by atoms with Crippen molar-refractivity contribution in [3.05, 3.63) is 0 Å². The number of hydrogen-bond donors (Lipinski definition) is 3. The molecule has 0 aromatic heterocycles. The standard InChI is InChI=1S/3C12H28Si.H3O4P/c3*1-4-7-10-13(11-8-5-2)12-9-6-3;1-5(2,3)4/h3*13H,4-12H2,1-3H3;(H3,1,2,3,4). The normalized spacial score (nSPS) is 11.2. The molecule has 3 N–H and O–H groups in total. The van der Waals surface area contributed by atoms with Crippen LogP contribution in [0.2, 0.25) is 54.4 Å². The first-order chi connectivity index (χ1) is 21.0. The highest BCUT2D eigenvalue weighted by molar-refractivity contribution is 7.45. The van der Waals surface area contributed by atoms with E-state index in [0.29, 0.717) is 0 Å². The third-order valence-electron chi connectivity index (χ3n) is 8.69. The van der Waals surface area contributed by atoms with Gasteiger partial charge in [0.2, 0.25) is 0 Å². The maximum Gasteiger partial charge on any atom is 0.466 e. The molecular weight excluding hydrogens is 612 g/mol. The molecule has 0 bridgehead atoms. The summed E-state index contributed by atoms with van der Waals surface area (Å²) in [6.07, 6.45) is 26.2. The van der Waals surface area contributed by atoms with E-state index < -0.39 is 7.82 Å². The van der Waals surface area contributed by atoms with Gasteiger partial charge in [-0.15, -0.1) is 0 Å². The number of unbranched alkanes of at least 4 members (excludes halogenated alkanes) is 9. The van der Waals surface area contributed by atoms with Gasteiger partial charge in [-0.2, -0.15) is 0 Å². The molecule has 0 fully saturated rings. The minimum atomic E-state index is -4.64. The Morgan fingerprint density at radius 1 is 0.318 bits per heavy atom. The zero-order valence-electron chi connectivity index (χ0n) is 32.0. The summed E-state index contributed by atoms with van der Waals surface area (Å²) < 4.78 is 8.88. The van der Waals surface area contributed by atoms with E-state index in [1.54, 1.807) is 54.4 Å². The Morgan fingerprint density at radius 3 is 0.477 bits per heavy atom. The highest BCUT2D eigenvalue weighted by atomic mass is 31.2. The van der Waals surface area contributed by atoms with Gasteiger partial charge in [-0.1, -0.05) is 232 Å². The SMILES string of the molecule is CCCC[SiH](CCCC)CCCC.CCCC[SiH](CCCC)CCCC.CCCC[SiH](CCCC)CCCC.O=P(O)(O)O. The van der Waals surface area contributed by atoms with Crippen LogP contribution in [0.3, 0.4) is 0 Å². The van der Waals surface area contributed by atoms with Crippen molar-refractivity contribution in [2.45, 2.75) is 232 Å². The van der Waals surface area contributed by atoms with E-state index in [9.17, 15) is 0 Å². The second kappa shape index (κ2) is 43.8. The summed E-state index contributed by atoms with van der Waals surface area (Å²) in [5.74, 6) is 0. The smallest absolute Gasteiger partial charge is 0.303 e. The fraction of sp³-hybridized carbons (Fsp3) is 1.00. The van der Waals surface area contributed by atoms with Crippen LogP contribution < -0.4 is 0 Å². The molecule has 0 aliphatic rings. The summed E-state index contributed by atoms with van der Waals surface area (Å²) in [4.78, 5) is 21.6. The molecule has 0 aromatic rings. The van der Waals surface area contributed by atoms with Crippen LogP contribution in [0.5, 0.6) is 0 Å². The summed E-state index contributed by atoms with van der Waals surface area (Å²) in [7, 11) is -5.50. The van der Waals surface area contributed by atoms with Crippen molar-refractivity contribution in [1.82, 2.24) is 0 Å². The molecular formula is C36H87O4PSi3. The van der Waals surface area contributed by atoms with Crippen LogP contribution in [0.15, 0.2) is 0 Å². The van der Waals surface area contributed by atoms with Crippen molar-refractivity contribution in [2.24, 2.45) is 0 Å². The van der Waals surface area contributed by atoms with Crippen molar-refractivity contribution in [2.75, 3.05) is 0 Å². The maximum absolute atomic E-state index is 8.88. The third kappa shape index (κ3) is 55.2. The molecule has 0 aliphatic carbocycles. The van der Waals surface area contributed by atoms with Crippen LogP contribution in [0, 0.1) is 0 Å². The molecule has 0 spiro atoms. The summed E-state index contributed by atoms with van der Waals surface area (Å²) in [6.45, 7) is 20.9. The molecule has 272 valence electrons. The van der Waals surface area contributed by atoms with E-state index in [1.807, 2.05) is 0 Å². The lowest BCUT2D eigenvalue weighted by Gasteiger charge is -2.13. The maximum atomic E-state index is 8.88. The molecule has 0 rings (SSSR count). The predicted octanol–water partition coefficient (Wildman–Crippen LogP) is 12.9. The molecule has 0 atom stereocenters. The van der Waals surface area contributed by atoms with Crippen LogP contribution in [0.1, 0.15) is 178 Å². The van der Waals surface area contributed by atoms with Gasteiger partial charge >= 0.3 is 7.82 Å². The van der Waals surface area contributed by atoms with Crippen molar-refractivity contribution in [3.63, 3.8) is 0 Å². The lowest BCUT2D eigenvalue weighted by Crippen LogP contribution is -2.11. The van der Waals surface area contributed by atoms with Crippen molar-refractivity contribution >= 4 is 34.2 Å². The molecule has 0 saturated carbocycles. The Labute approximate surface area is 284 Å². The molecule has 0 aromatic carbocycles. The van der Waals surface area contributed by atoms with Gasteiger partial charge in [-0.25, -0.2) is 4.57 Å². The molecule has 0 saturated heterocycles. The molecule has 0 amide bonds. The van der Waals surface area contributed by atoms with Gasteiger partial charge in [0.25, 0.3) is 0 Å². The molecule has 44 heavy (non-hydrogen) atoms. The Bertz CT molecular complexity index is 415. The van der Waals surface area contributed by atoms with Crippen LogP contribution in [-0.4, -0.2) is 41.1 Å². The van der Waals surface area contributed by atoms with Crippen molar-refractivity contribution < 1.29 is 19.2 Å². The largest absolute Gasteiger partial charge is 0.466 e. The van der Waals surface area contributed by atoms with E-state index >= 15 is 0 Å². The Morgan fingerprint density at radius 2 is 0.409 bits per heavy atom. The predicted molar refractivity (Wildman–Crippen MR) is 213 cm³/mol. The third-order valence-corrected chi connectivity index (χ3v) is 19.7. The van der Waals surface area contributed by atoms with Gasteiger partial charge in [0, 0.05) is 26.4 Å². The summed E-state index contributed by atoms with van der Waals surface area (Å²) in [5, 5.41) is 0. The quantitative estimate of drug-likeness (QED) is 0.0589. The second-order valence-corrected chi connectivity index (χ2v) is 24.8. The lowest BCUT2D eigenvalue weighted by molar-refractivity contribution is 0.275. The highest BCUT2D eigenvalue weighted by Crippen LogP contribution is 2.26. The number of hydrogen-bond acceptors (Lipinski definition) is 1. The molecule has 0 unspecified atom stereocenters. The summed E-state index contributed by atoms with van der Waals surface area (Å²) in [5.41, 5.74) is 0. The fourth-order valence-electron chi connectivity index (χ4n) is 5.73. The Balaban J connectivity index is -0.000000253. The van der Waals surface area contributed by atoms with Gasteiger partial charge in [0.15, 0.2) is 0 Å².